The molecular formula is C19H21ClO3. The number of rotatable bonds is 4. The van der Waals surface area contributed by atoms with Gasteiger partial charge >= 0.3 is 5.97 Å². The van der Waals surface area contributed by atoms with Crippen molar-refractivity contribution in [1.82, 2.24) is 0 Å². The fourth-order valence-electron chi connectivity index (χ4n) is 2.07. The number of benzene rings is 2. The standard InChI is InChI=1S/C19H21ClO3/c1-13-11-15(20)7-10-17(13)23-18(21)12-22-16-8-5-14(6-9-16)19(2,3)4/h5-11H,12H2,1-4H3. The molecule has 0 atom stereocenters. The highest BCUT2D eigenvalue weighted by molar-refractivity contribution is 6.30. The van der Waals surface area contributed by atoms with Crippen LogP contribution in [0.2, 0.25) is 5.02 Å². The van der Waals surface area contributed by atoms with Crippen LogP contribution in [0.25, 0.3) is 0 Å². The number of hydrogen-bond donors (Lipinski definition) is 0. The summed E-state index contributed by atoms with van der Waals surface area (Å²) in [7, 11) is 0. The molecular weight excluding hydrogens is 312 g/mol. The second kappa shape index (κ2) is 7.05. The number of esters is 1. The van der Waals surface area contributed by atoms with E-state index in [1.54, 1.807) is 18.2 Å². The van der Waals surface area contributed by atoms with E-state index in [9.17, 15) is 4.79 Å². The number of hydrogen-bond acceptors (Lipinski definition) is 3. The van der Waals surface area contributed by atoms with E-state index < -0.39 is 5.97 Å². The maximum atomic E-state index is 11.9. The highest BCUT2D eigenvalue weighted by atomic mass is 35.5. The average molecular weight is 333 g/mol. The van der Waals surface area contributed by atoms with E-state index in [1.807, 2.05) is 31.2 Å². The molecule has 2 aromatic carbocycles. The summed E-state index contributed by atoms with van der Waals surface area (Å²) in [6.07, 6.45) is 0. The second-order valence-electron chi connectivity index (χ2n) is 6.45. The quantitative estimate of drug-likeness (QED) is 0.588. The molecule has 122 valence electrons. The topological polar surface area (TPSA) is 35.5 Å². The van der Waals surface area contributed by atoms with E-state index >= 15 is 0 Å². The van der Waals surface area contributed by atoms with Gasteiger partial charge in [-0.2, -0.15) is 0 Å². The SMILES string of the molecule is Cc1cc(Cl)ccc1OC(=O)COc1ccc(C(C)(C)C)cc1. The smallest absolute Gasteiger partial charge is 0.349 e. The average Bonchev–Trinajstić information content (AvgIpc) is 2.47. The minimum Gasteiger partial charge on any atom is -0.482 e. The Labute approximate surface area is 142 Å². The minimum absolute atomic E-state index is 0.0869. The molecule has 0 bridgehead atoms. The predicted molar refractivity (Wildman–Crippen MR) is 92.5 cm³/mol. The maximum Gasteiger partial charge on any atom is 0.349 e. The zero-order valence-corrected chi connectivity index (χ0v) is 14.6. The van der Waals surface area contributed by atoms with Crippen LogP contribution < -0.4 is 9.47 Å². The Kier molecular flexibility index (Phi) is 5.32. The zero-order chi connectivity index (χ0) is 17.0. The van der Waals surface area contributed by atoms with Crippen molar-refractivity contribution >= 4 is 17.6 Å². The van der Waals surface area contributed by atoms with E-state index in [0.29, 0.717) is 16.5 Å². The normalized spacial score (nSPS) is 11.2. The molecule has 0 saturated heterocycles. The van der Waals surface area contributed by atoms with Gasteiger partial charge in [0.15, 0.2) is 6.61 Å². The molecule has 0 aromatic heterocycles. The maximum absolute atomic E-state index is 11.9. The van der Waals surface area contributed by atoms with Crippen molar-refractivity contribution in [3.8, 4) is 11.5 Å². The summed E-state index contributed by atoms with van der Waals surface area (Å²) in [5.41, 5.74) is 2.11. The van der Waals surface area contributed by atoms with Gasteiger partial charge < -0.3 is 9.47 Å². The van der Waals surface area contributed by atoms with Crippen LogP contribution in [0.5, 0.6) is 11.5 Å². The zero-order valence-electron chi connectivity index (χ0n) is 13.9. The van der Waals surface area contributed by atoms with Crippen LogP contribution in [0, 0.1) is 6.92 Å². The molecule has 2 aromatic rings. The van der Waals surface area contributed by atoms with Gasteiger partial charge in [0.1, 0.15) is 11.5 Å². The van der Waals surface area contributed by atoms with Gasteiger partial charge in [0.25, 0.3) is 0 Å². The second-order valence-corrected chi connectivity index (χ2v) is 6.88. The largest absolute Gasteiger partial charge is 0.482 e. The van der Waals surface area contributed by atoms with Gasteiger partial charge in [-0.1, -0.05) is 44.5 Å². The molecule has 0 radical (unpaired) electrons. The van der Waals surface area contributed by atoms with Crippen molar-refractivity contribution in [2.45, 2.75) is 33.1 Å². The molecule has 0 aliphatic rings. The lowest BCUT2D eigenvalue weighted by atomic mass is 9.87. The monoisotopic (exact) mass is 332 g/mol. The molecule has 3 nitrogen and oxygen atoms in total. The van der Waals surface area contributed by atoms with Crippen molar-refractivity contribution in [3.05, 3.63) is 58.6 Å². The first-order valence-electron chi connectivity index (χ1n) is 7.46. The van der Waals surface area contributed by atoms with Crippen molar-refractivity contribution in [2.75, 3.05) is 6.61 Å². The number of carbonyl (C=O) groups excluding carboxylic acids is 1. The fraction of sp³-hybridized carbons (Fsp3) is 0.316. The van der Waals surface area contributed by atoms with Gasteiger partial charge in [-0.25, -0.2) is 4.79 Å². The molecule has 23 heavy (non-hydrogen) atoms. The summed E-state index contributed by atoms with van der Waals surface area (Å²) < 4.78 is 10.7. The van der Waals surface area contributed by atoms with E-state index in [2.05, 4.69) is 20.8 Å². The first-order valence-corrected chi connectivity index (χ1v) is 7.84. The first-order chi connectivity index (χ1) is 10.8. The van der Waals surface area contributed by atoms with Crippen molar-refractivity contribution in [2.24, 2.45) is 0 Å². The van der Waals surface area contributed by atoms with E-state index in [1.165, 1.54) is 5.56 Å². The van der Waals surface area contributed by atoms with Gasteiger partial charge in [0.05, 0.1) is 0 Å². The minimum atomic E-state index is -0.449. The third-order valence-electron chi connectivity index (χ3n) is 3.44. The van der Waals surface area contributed by atoms with Gasteiger partial charge in [-0.05, 0) is 53.8 Å². The van der Waals surface area contributed by atoms with Crippen molar-refractivity contribution in [1.29, 1.82) is 0 Å². The summed E-state index contributed by atoms with van der Waals surface area (Å²) in [5.74, 6) is 0.684. The van der Waals surface area contributed by atoms with E-state index in [0.717, 1.165) is 5.56 Å². The third-order valence-corrected chi connectivity index (χ3v) is 3.67. The van der Waals surface area contributed by atoms with Gasteiger partial charge in [0.2, 0.25) is 0 Å². The number of aryl methyl sites for hydroxylation is 1. The Bertz CT molecular complexity index is 685. The summed E-state index contributed by atoms with van der Waals surface area (Å²) in [4.78, 5) is 11.9. The van der Waals surface area contributed by atoms with Crippen LogP contribution in [0.3, 0.4) is 0 Å². The molecule has 0 fully saturated rings. The van der Waals surface area contributed by atoms with Crippen LogP contribution in [-0.2, 0) is 10.2 Å². The van der Waals surface area contributed by atoms with Crippen LogP contribution in [0.15, 0.2) is 42.5 Å². The number of carbonyl (C=O) groups is 1. The van der Waals surface area contributed by atoms with Gasteiger partial charge in [-0.15, -0.1) is 0 Å². The lowest BCUT2D eigenvalue weighted by molar-refractivity contribution is -0.136. The van der Waals surface area contributed by atoms with Crippen LogP contribution in [-0.4, -0.2) is 12.6 Å². The van der Waals surface area contributed by atoms with Crippen molar-refractivity contribution in [3.63, 3.8) is 0 Å². The molecule has 0 aliphatic carbocycles. The molecule has 2 rings (SSSR count). The molecule has 0 amide bonds. The highest BCUT2D eigenvalue weighted by Gasteiger charge is 2.13. The Hall–Kier alpha value is -2.00. The first kappa shape index (κ1) is 17.4. The Balaban J connectivity index is 1.91. The lowest BCUT2D eigenvalue weighted by Crippen LogP contribution is -2.18. The predicted octanol–water partition coefficient (Wildman–Crippen LogP) is 4.93. The summed E-state index contributed by atoms with van der Waals surface area (Å²) in [6, 6.07) is 12.8. The third kappa shape index (κ3) is 5.00. The molecule has 4 heteroatoms. The Morgan fingerprint density at radius 2 is 1.74 bits per heavy atom. The Morgan fingerprint density at radius 3 is 2.30 bits per heavy atom. The molecule has 0 aliphatic heterocycles. The van der Waals surface area contributed by atoms with E-state index in [-0.39, 0.29) is 12.0 Å². The summed E-state index contributed by atoms with van der Waals surface area (Å²) in [6.45, 7) is 8.13. The Morgan fingerprint density at radius 1 is 1.09 bits per heavy atom. The van der Waals surface area contributed by atoms with Crippen LogP contribution >= 0.6 is 11.6 Å². The molecule has 0 unspecified atom stereocenters. The lowest BCUT2D eigenvalue weighted by Gasteiger charge is -2.19. The molecule has 0 heterocycles. The fourth-order valence-corrected chi connectivity index (χ4v) is 2.30. The van der Waals surface area contributed by atoms with E-state index in [4.69, 9.17) is 21.1 Å². The number of ether oxygens (including phenoxy) is 2. The summed E-state index contributed by atoms with van der Waals surface area (Å²) in [5, 5.41) is 0.609. The summed E-state index contributed by atoms with van der Waals surface area (Å²) >= 11 is 5.87. The van der Waals surface area contributed by atoms with Gasteiger partial charge in [-0.3, -0.25) is 0 Å². The van der Waals surface area contributed by atoms with Crippen LogP contribution in [0.4, 0.5) is 0 Å². The number of halogens is 1. The van der Waals surface area contributed by atoms with Crippen LogP contribution in [0.1, 0.15) is 31.9 Å². The molecule has 0 spiro atoms. The molecule has 0 saturated carbocycles. The van der Waals surface area contributed by atoms with Gasteiger partial charge in [0, 0.05) is 5.02 Å². The molecule has 0 N–H and O–H groups in total. The highest BCUT2D eigenvalue weighted by Crippen LogP contribution is 2.24. The van der Waals surface area contributed by atoms with Crippen molar-refractivity contribution < 1.29 is 14.3 Å².